The summed E-state index contributed by atoms with van der Waals surface area (Å²) in [6.45, 7) is -0.224. The molecule has 3 aromatic rings. The van der Waals surface area contributed by atoms with Gasteiger partial charge in [-0.1, -0.05) is 17.7 Å². The van der Waals surface area contributed by atoms with Crippen LogP contribution in [0.2, 0.25) is 5.02 Å². The fraction of sp³-hybridized carbons (Fsp3) is 0.296. The molecule has 2 aliphatic rings. The fourth-order valence-electron chi connectivity index (χ4n) is 5.81. The predicted molar refractivity (Wildman–Crippen MR) is 144 cm³/mol. The fourth-order valence-corrected chi connectivity index (χ4v) is 8.89. The molecule has 0 bridgehead atoms. The Bertz CT molecular complexity index is 1750. The highest BCUT2D eigenvalue weighted by Gasteiger charge is 2.60. The molecule has 0 saturated carbocycles. The minimum absolute atomic E-state index is 0.0238. The third kappa shape index (κ3) is 5.31. The van der Waals surface area contributed by atoms with Gasteiger partial charge in [0.25, 0.3) is 0 Å². The van der Waals surface area contributed by atoms with E-state index >= 15 is 0 Å². The quantitative estimate of drug-likeness (QED) is 0.313. The lowest BCUT2D eigenvalue weighted by Crippen LogP contribution is -2.53. The molecule has 218 valence electrons. The van der Waals surface area contributed by atoms with Crippen molar-refractivity contribution >= 4 is 37.4 Å². The van der Waals surface area contributed by atoms with Crippen LogP contribution < -0.4 is 9.88 Å². The number of nitrogens with two attached hydrogens (primary N) is 1. The molecule has 0 aromatic heterocycles. The van der Waals surface area contributed by atoms with Gasteiger partial charge < -0.3 is 9.64 Å². The van der Waals surface area contributed by atoms with Crippen molar-refractivity contribution in [1.29, 1.82) is 0 Å². The van der Waals surface area contributed by atoms with Crippen molar-refractivity contribution in [3.63, 3.8) is 0 Å². The number of primary sulfonamides is 1. The summed E-state index contributed by atoms with van der Waals surface area (Å²) in [5, 5.41) is 5.07. The van der Waals surface area contributed by atoms with Gasteiger partial charge in [-0.25, -0.2) is 35.1 Å². The second-order valence-corrected chi connectivity index (χ2v) is 14.2. The van der Waals surface area contributed by atoms with Crippen molar-refractivity contribution in [2.24, 2.45) is 5.14 Å². The van der Waals surface area contributed by atoms with Crippen LogP contribution in [0.3, 0.4) is 0 Å². The molecule has 1 saturated heterocycles. The molecule has 1 amide bonds. The van der Waals surface area contributed by atoms with Crippen LogP contribution in [0.5, 0.6) is 5.75 Å². The minimum Gasteiger partial charge on any atom is -0.489 e. The molecule has 2 atom stereocenters. The van der Waals surface area contributed by atoms with Gasteiger partial charge in [-0.05, 0) is 78.9 Å². The van der Waals surface area contributed by atoms with Crippen LogP contribution in [0.15, 0.2) is 59.5 Å². The number of benzene rings is 3. The van der Waals surface area contributed by atoms with Gasteiger partial charge in [0.15, 0.2) is 21.5 Å². The Morgan fingerprint density at radius 2 is 1.71 bits per heavy atom. The van der Waals surface area contributed by atoms with Crippen LogP contribution in [-0.2, 0) is 42.4 Å². The number of amides is 1. The average Bonchev–Trinajstić information content (AvgIpc) is 3.31. The molecule has 2 N–H and O–H groups in total. The number of carbonyl (C=O) groups excluding carboxylic acids is 1. The number of hydrogen-bond donors (Lipinski definition) is 1. The first-order valence-corrected chi connectivity index (χ1v) is 16.0. The van der Waals surface area contributed by atoms with Crippen molar-refractivity contribution in [2.75, 3.05) is 12.3 Å². The summed E-state index contributed by atoms with van der Waals surface area (Å²) < 4.78 is 96.8. The highest BCUT2D eigenvalue weighted by atomic mass is 35.5. The summed E-state index contributed by atoms with van der Waals surface area (Å²) >= 11 is 6.01. The van der Waals surface area contributed by atoms with Crippen LogP contribution in [0.25, 0.3) is 0 Å². The predicted octanol–water partition coefficient (Wildman–Crippen LogP) is 3.84. The third-order valence-electron chi connectivity index (χ3n) is 7.59. The van der Waals surface area contributed by atoms with E-state index in [2.05, 4.69) is 0 Å². The zero-order valence-electron chi connectivity index (χ0n) is 21.3. The first kappa shape index (κ1) is 29.4. The molecule has 41 heavy (non-hydrogen) atoms. The van der Waals surface area contributed by atoms with Gasteiger partial charge in [-0.15, -0.1) is 0 Å². The zero-order valence-corrected chi connectivity index (χ0v) is 23.7. The van der Waals surface area contributed by atoms with Crippen molar-refractivity contribution in [3.05, 3.63) is 93.8 Å². The number of sulfonamides is 1. The minimum atomic E-state index is -4.26. The molecule has 1 aliphatic heterocycles. The normalized spacial score (nSPS) is 20.4. The lowest BCUT2D eigenvalue weighted by Gasteiger charge is -2.42. The molecule has 8 nitrogen and oxygen atoms in total. The first-order valence-electron chi connectivity index (χ1n) is 12.4. The summed E-state index contributed by atoms with van der Waals surface area (Å²) in [5.74, 6) is -4.26. The van der Waals surface area contributed by atoms with Crippen LogP contribution in [0, 0.1) is 17.5 Å². The van der Waals surface area contributed by atoms with Gasteiger partial charge in [-0.2, -0.15) is 0 Å². The average molecular weight is 629 g/mol. The van der Waals surface area contributed by atoms with Crippen LogP contribution in [0.4, 0.5) is 13.2 Å². The summed E-state index contributed by atoms with van der Waals surface area (Å²) in [4.78, 5) is 14.1. The summed E-state index contributed by atoms with van der Waals surface area (Å²) in [5.41, 5.74) is 1.22. The molecule has 1 aliphatic carbocycles. The van der Waals surface area contributed by atoms with E-state index < -0.39 is 59.8 Å². The SMILES string of the molecule is NS(=O)(=O)CC(=O)N1CC[C@@]2(S(=O)(=O)c3ccc(F)cc3)c3ccc(OCc4cc(F)c(F)cc4Cl)cc3CC[C@@H]12. The van der Waals surface area contributed by atoms with Gasteiger partial charge in [0.2, 0.25) is 15.9 Å². The number of aryl methyl sites for hydroxylation is 1. The largest absolute Gasteiger partial charge is 0.489 e. The molecule has 1 heterocycles. The first-order chi connectivity index (χ1) is 19.2. The van der Waals surface area contributed by atoms with Gasteiger partial charge in [0, 0.05) is 12.1 Å². The van der Waals surface area contributed by atoms with Crippen molar-refractivity contribution in [3.8, 4) is 5.75 Å². The molecule has 0 spiro atoms. The number of nitrogens with zero attached hydrogens (tertiary/aromatic N) is 1. The molecule has 0 unspecified atom stereocenters. The van der Waals surface area contributed by atoms with Gasteiger partial charge in [0.1, 0.15) is 28.7 Å². The summed E-state index contributed by atoms with van der Waals surface area (Å²) in [6.07, 6.45) is 0.469. The Morgan fingerprint density at radius 3 is 2.39 bits per heavy atom. The maximum absolute atomic E-state index is 14.3. The summed E-state index contributed by atoms with van der Waals surface area (Å²) in [6, 6.07) is 9.95. The van der Waals surface area contributed by atoms with E-state index in [4.69, 9.17) is 21.5 Å². The Balaban J connectivity index is 1.55. The van der Waals surface area contributed by atoms with Crippen molar-refractivity contribution in [2.45, 2.75) is 41.6 Å². The molecule has 5 rings (SSSR count). The second kappa shape index (κ2) is 10.6. The smallest absolute Gasteiger partial charge is 0.239 e. The van der Waals surface area contributed by atoms with Crippen LogP contribution in [-0.4, -0.2) is 46.0 Å². The maximum atomic E-state index is 14.3. The standard InChI is InChI=1S/C27H24ClF3N2O6S2/c28-22-13-24(31)23(30)12-17(22)14-39-19-4-7-21-16(11-19)1-8-25-27(21,9-10-33(25)26(34)15-40(32,35)36)41(37,38)20-5-2-18(29)3-6-20/h2-7,11-13,25H,1,8-10,14-15H2,(H2,32,35,36)/t25-,27-/m1/s1. The Labute approximate surface area is 239 Å². The van der Waals surface area contributed by atoms with E-state index in [1.54, 1.807) is 12.1 Å². The van der Waals surface area contributed by atoms with E-state index in [1.807, 2.05) is 0 Å². The van der Waals surface area contributed by atoms with E-state index in [9.17, 15) is 34.8 Å². The highest BCUT2D eigenvalue weighted by molar-refractivity contribution is 7.92. The maximum Gasteiger partial charge on any atom is 0.239 e. The molecule has 1 fully saturated rings. The number of ether oxygens (including phenoxy) is 1. The third-order valence-corrected chi connectivity index (χ3v) is 11.1. The van der Waals surface area contributed by atoms with Gasteiger partial charge >= 0.3 is 0 Å². The lowest BCUT2D eigenvalue weighted by molar-refractivity contribution is -0.129. The Morgan fingerprint density at radius 1 is 1.02 bits per heavy atom. The Hall–Kier alpha value is -3.13. The van der Waals surface area contributed by atoms with Crippen molar-refractivity contribution in [1.82, 2.24) is 4.90 Å². The topological polar surface area (TPSA) is 124 Å². The number of likely N-dealkylation sites (tertiary alicyclic amines) is 1. The van der Waals surface area contributed by atoms with Gasteiger partial charge in [0.05, 0.1) is 16.0 Å². The zero-order chi connectivity index (χ0) is 29.7. The number of halogens is 4. The van der Waals surface area contributed by atoms with Gasteiger partial charge in [-0.3, -0.25) is 4.79 Å². The molecular weight excluding hydrogens is 605 g/mol. The van der Waals surface area contributed by atoms with E-state index in [-0.39, 0.29) is 41.5 Å². The van der Waals surface area contributed by atoms with Crippen LogP contribution >= 0.6 is 11.6 Å². The van der Waals surface area contributed by atoms with Crippen LogP contribution in [0.1, 0.15) is 29.5 Å². The molecular formula is C27H24ClF3N2O6S2. The molecule has 0 radical (unpaired) electrons. The number of hydrogen-bond acceptors (Lipinski definition) is 6. The highest BCUT2D eigenvalue weighted by Crippen LogP contribution is 2.53. The Kier molecular flexibility index (Phi) is 7.60. The number of rotatable bonds is 7. The molecule has 3 aromatic carbocycles. The van der Waals surface area contributed by atoms with Crippen molar-refractivity contribution < 1.29 is 39.5 Å². The van der Waals surface area contributed by atoms with E-state index in [0.717, 1.165) is 36.4 Å². The van der Waals surface area contributed by atoms with E-state index in [0.29, 0.717) is 23.3 Å². The second-order valence-electron chi connectivity index (χ2n) is 10.0. The number of fused-ring (bicyclic) bond motifs is 3. The lowest BCUT2D eigenvalue weighted by atomic mass is 9.78. The number of sulfone groups is 1. The number of carbonyl (C=O) groups is 1. The monoisotopic (exact) mass is 628 g/mol. The summed E-state index contributed by atoms with van der Waals surface area (Å²) in [7, 11) is -8.43. The van der Waals surface area contributed by atoms with E-state index in [1.165, 1.54) is 11.0 Å². The molecule has 14 heteroatoms.